The smallest absolute Gasteiger partial charge is 0.251 e. The third-order valence-electron chi connectivity index (χ3n) is 2.54. The molecule has 2 nitrogen and oxygen atoms in total. The topological polar surface area (TPSA) is 29.1 Å². The first kappa shape index (κ1) is 11.7. The zero-order chi connectivity index (χ0) is 12.3. The second kappa shape index (κ2) is 5.02. The Labute approximate surface area is 105 Å². The van der Waals surface area contributed by atoms with Crippen molar-refractivity contribution in [3.8, 4) is 11.1 Å². The van der Waals surface area contributed by atoms with Gasteiger partial charge in [-0.25, -0.2) is 0 Å². The van der Waals surface area contributed by atoms with Crippen LogP contribution in [0.2, 0.25) is 5.02 Å². The van der Waals surface area contributed by atoms with Crippen molar-refractivity contribution in [1.29, 1.82) is 0 Å². The van der Waals surface area contributed by atoms with Crippen LogP contribution in [-0.2, 0) is 0 Å². The highest BCUT2D eigenvalue weighted by Gasteiger charge is 2.08. The molecule has 0 heterocycles. The van der Waals surface area contributed by atoms with E-state index in [-0.39, 0.29) is 5.91 Å². The van der Waals surface area contributed by atoms with Crippen LogP contribution in [0, 0.1) is 0 Å². The van der Waals surface area contributed by atoms with Crippen molar-refractivity contribution in [2.24, 2.45) is 0 Å². The van der Waals surface area contributed by atoms with Gasteiger partial charge in [0, 0.05) is 23.2 Å². The average molecular weight is 246 g/mol. The van der Waals surface area contributed by atoms with E-state index in [1.165, 1.54) is 0 Å². The standard InChI is InChI=1S/C14H12ClNO/c1-16-14(17)11-7-8-12(13(15)9-11)10-5-3-2-4-6-10/h2-9H,1H3,(H,16,17). The lowest BCUT2D eigenvalue weighted by Crippen LogP contribution is -2.17. The summed E-state index contributed by atoms with van der Waals surface area (Å²) in [5.74, 6) is -0.133. The van der Waals surface area contributed by atoms with Gasteiger partial charge < -0.3 is 5.32 Å². The van der Waals surface area contributed by atoms with Crippen LogP contribution >= 0.6 is 11.6 Å². The third kappa shape index (κ3) is 2.48. The number of carbonyl (C=O) groups excluding carboxylic acids is 1. The molecule has 0 fully saturated rings. The van der Waals surface area contributed by atoms with Crippen LogP contribution < -0.4 is 5.32 Å². The molecule has 0 aliphatic carbocycles. The second-order valence-electron chi connectivity index (χ2n) is 3.64. The highest BCUT2D eigenvalue weighted by molar-refractivity contribution is 6.33. The van der Waals surface area contributed by atoms with Crippen LogP contribution in [0.5, 0.6) is 0 Å². The summed E-state index contributed by atoms with van der Waals surface area (Å²) in [4.78, 5) is 11.4. The van der Waals surface area contributed by atoms with Crippen molar-refractivity contribution in [2.45, 2.75) is 0 Å². The van der Waals surface area contributed by atoms with Gasteiger partial charge in [-0.3, -0.25) is 4.79 Å². The third-order valence-corrected chi connectivity index (χ3v) is 2.86. The van der Waals surface area contributed by atoms with E-state index in [0.717, 1.165) is 11.1 Å². The number of hydrogen-bond donors (Lipinski definition) is 1. The maximum absolute atomic E-state index is 11.4. The van der Waals surface area contributed by atoms with Crippen LogP contribution in [0.15, 0.2) is 48.5 Å². The first-order valence-corrected chi connectivity index (χ1v) is 5.67. The summed E-state index contributed by atoms with van der Waals surface area (Å²) in [5, 5.41) is 3.15. The molecule has 2 aromatic rings. The number of amides is 1. The number of benzene rings is 2. The fraction of sp³-hybridized carbons (Fsp3) is 0.0714. The maximum atomic E-state index is 11.4. The van der Waals surface area contributed by atoms with Gasteiger partial charge in [-0.05, 0) is 17.7 Å². The van der Waals surface area contributed by atoms with Crippen molar-refractivity contribution in [3.05, 3.63) is 59.1 Å². The molecule has 1 amide bonds. The quantitative estimate of drug-likeness (QED) is 0.864. The zero-order valence-electron chi connectivity index (χ0n) is 9.41. The number of carbonyl (C=O) groups is 1. The summed E-state index contributed by atoms with van der Waals surface area (Å²) in [5.41, 5.74) is 2.54. The monoisotopic (exact) mass is 245 g/mol. The minimum Gasteiger partial charge on any atom is -0.355 e. The molecular weight excluding hydrogens is 234 g/mol. The SMILES string of the molecule is CNC(=O)c1ccc(-c2ccccc2)c(Cl)c1. The van der Waals surface area contributed by atoms with Crippen LogP contribution in [0.3, 0.4) is 0 Å². The van der Waals surface area contributed by atoms with E-state index in [1.54, 1.807) is 19.2 Å². The molecule has 0 saturated heterocycles. The Bertz CT molecular complexity index is 537. The lowest BCUT2D eigenvalue weighted by Gasteiger charge is -2.06. The van der Waals surface area contributed by atoms with Gasteiger partial charge in [-0.15, -0.1) is 0 Å². The molecule has 0 bridgehead atoms. The van der Waals surface area contributed by atoms with Crippen LogP contribution in [0.25, 0.3) is 11.1 Å². The summed E-state index contributed by atoms with van der Waals surface area (Å²) in [6.07, 6.45) is 0. The summed E-state index contributed by atoms with van der Waals surface area (Å²) in [7, 11) is 1.60. The Kier molecular flexibility index (Phi) is 3.45. The summed E-state index contributed by atoms with van der Waals surface area (Å²) in [6.45, 7) is 0. The first-order valence-electron chi connectivity index (χ1n) is 5.29. The van der Waals surface area contributed by atoms with Crippen LogP contribution in [-0.4, -0.2) is 13.0 Å². The maximum Gasteiger partial charge on any atom is 0.251 e. The van der Waals surface area contributed by atoms with Gasteiger partial charge >= 0.3 is 0 Å². The highest BCUT2D eigenvalue weighted by Crippen LogP contribution is 2.28. The van der Waals surface area contributed by atoms with Gasteiger partial charge in [0.2, 0.25) is 0 Å². The molecule has 0 aliphatic heterocycles. The van der Waals surface area contributed by atoms with Crippen molar-refractivity contribution in [2.75, 3.05) is 7.05 Å². The lowest BCUT2D eigenvalue weighted by atomic mass is 10.0. The predicted molar refractivity (Wildman–Crippen MR) is 70.3 cm³/mol. The summed E-state index contributed by atoms with van der Waals surface area (Å²) >= 11 is 6.18. The Morgan fingerprint density at radius 1 is 1.12 bits per heavy atom. The Morgan fingerprint density at radius 3 is 2.41 bits per heavy atom. The van der Waals surface area contributed by atoms with Crippen LogP contribution in [0.4, 0.5) is 0 Å². The van der Waals surface area contributed by atoms with Crippen LogP contribution in [0.1, 0.15) is 10.4 Å². The fourth-order valence-corrected chi connectivity index (χ4v) is 1.94. The Balaban J connectivity index is 2.42. The average Bonchev–Trinajstić information content (AvgIpc) is 2.38. The van der Waals surface area contributed by atoms with Crippen molar-refractivity contribution in [1.82, 2.24) is 5.32 Å². The molecule has 0 atom stereocenters. The largest absolute Gasteiger partial charge is 0.355 e. The van der Waals surface area contributed by atoms with Gasteiger partial charge in [0.15, 0.2) is 0 Å². The van der Waals surface area contributed by atoms with Crippen molar-refractivity contribution >= 4 is 17.5 Å². The molecule has 2 rings (SSSR count). The minimum absolute atomic E-state index is 0.133. The van der Waals surface area contributed by atoms with E-state index in [2.05, 4.69) is 5.32 Å². The van der Waals surface area contributed by atoms with E-state index in [9.17, 15) is 4.79 Å². The van der Waals surface area contributed by atoms with Gasteiger partial charge in [0.1, 0.15) is 0 Å². The highest BCUT2D eigenvalue weighted by atomic mass is 35.5. The Morgan fingerprint density at radius 2 is 1.82 bits per heavy atom. The number of nitrogens with one attached hydrogen (secondary N) is 1. The van der Waals surface area contributed by atoms with E-state index >= 15 is 0 Å². The molecule has 0 aromatic heterocycles. The van der Waals surface area contributed by atoms with E-state index in [1.807, 2.05) is 36.4 Å². The predicted octanol–water partition coefficient (Wildman–Crippen LogP) is 3.37. The molecule has 2 aromatic carbocycles. The minimum atomic E-state index is -0.133. The molecule has 86 valence electrons. The molecule has 0 spiro atoms. The van der Waals surface area contributed by atoms with Crippen molar-refractivity contribution < 1.29 is 4.79 Å². The summed E-state index contributed by atoms with van der Waals surface area (Å²) < 4.78 is 0. The summed E-state index contributed by atoms with van der Waals surface area (Å²) in [6, 6.07) is 15.2. The van der Waals surface area contributed by atoms with Gasteiger partial charge in [-0.1, -0.05) is 48.0 Å². The van der Waals surface area contributed by atoms with E-state index in [0.29, 0.717) is 10.6 Å². The fourth-order valence-electron chi connectivity index (χ4n) is 1.65. The molecule has 0 aliphatic rings. The molecule has 0 unspecified atom stereocenters. The number of hydrogen-bond acceptors (Lipinski definition) is 1. The molecule has 0 saturated carbocycles. The Hall–Kier alpha value is -1.80. The van der Waals surface area contributed by atoms with E-state index < -0.39 is 0 Å². The van der Waals surface area contributed by atoms with E-state index in [4.69, 9.17) is 11.6 Å². The number of rotatable bonds is 2. The van der Waals surface area contributed by atoms with Gasteiger partial charge in [-0.2, -0.15) is 0 Å². The van der Waals surface area contributed by atoms with Gasteiger partial charge in [0.05, 0.1) is 0 Å². The first-order chi connectivity index (χ1) is 8.22. The molecule has 3 heteroatoms. The number of halogens is 1. The normalized spacial score (nSPS) is 10.0. The lowest BCUT2D eigenvalue weighted by molar-refractivity contribution is 0.0963. The second-order valence-corrected chi connectivity index (χ2v) is 4.05. The van der Waals surface area contributed by atoms with Gasteiger partial charge in [0.25, 0.3) is 5.91 Å². The molecular formula is C14H12ClNO. The van der Waals surface area contributed by atoms with Crippen molar-refractivity contribution in [3.63, 3.8) is 0 Å². The zero-order valence-corrected chi connectivity index (χ0v) is 10.2. The molecule has 0 radical (unpaired) electrons. The molecule has 1 N–H and O–H groups in total. The molecule has 17 heavy (non-hydrogen) atoms.